The van der Waals surface area contributed by atoms with Crippen LogP contribution in [-0.2, 0) is 0 Å². The molecule has 0 radical (unpaired) electrons. The number of anilines is 4. The molecule has 0 saturated carbocycles. The van der Waals surface area contributed by atoms with E-state index in [9.17, 15) is 29.8 Å². The van der Waals surface area contributed by atoms with Gasteiger partial charge >= 0.3 is 0 Å². The van der Waals surface area contributed by atoms with Crippen LogP contribution in [0, 0.1) is 31.9 Å². The van der Waals surface area contributed by atoms with Crippen molar-refractivity contribution >= 4 is 45.7 Å². The van der Waals surface area contributed by atoms with Gasteiger partial charge in [-0.25, -0.2) is 8.78 Å². The Morgan fingerprint density at radius 3 is 1.24 bits per heavy atom. The SMILES string of the molecule is O=C1c2ccccc2C(=O)c2c(F)c(Nc3ccc([N+](=O)[O-])cc3)c(Nc3ccc([N+](=O)[O-])cc3)c(F)c21. The lowest BCUT2D eigenvalue weighted by Gasteiger charge is -2.24. The molecule has 0 atom stereocenters. The zero-order chi connectivity index (χ0) is 27.1. The molecule has 0 saturated heterocycles. The molecule has 38 heavy (non-hydrogen) atoms. The van der Waals surface area contributed by atoms with Gasteiger partial charge in [-0.3, -0.25) is 29.8 Å². The number of fused-ring (bicyclic) bond motifs is 2. The van der Waals surface area contributed by atoms with E-state index in [0.717, 1.165) is 24.3 Å². The van der Waals surface area contributed by atoms with Crippen LogP contribution in [-0.4, -0.2) is 21.4 Å². The first-order valence-corrected chi connectivity index (χ1v) is 10.9. The summed E-state index contributed by atoms with van der Waals surface area (Å²) in [5.74, 6) is -4.23. The molecule has 0 unspecified atom stereocenters. The first-order chi connectivity index (χ1) is 18.2. The standard InChI is InChI=1S/C26H14F2N4O6/c27-21-19-20(26(34)18-4-2-1-3-17(18)25(19)33)22(28)24(30-14-7-11-16(12-8-14)32(37)38)23(21)29-13-5-9-15(10-6-13)31(35)36/h1-12,29-30H. The Morgan fingerprint density at radius 1 is 0.579 bits per heavy atom. The number of nitrogens with one attached hydrogen (secondary N) is 2. The van der Waals surface area contributed by atoms with E-state index in [0.29, 0.717) is 0 Å². The van der Waals surface area contributed by atoms with Crippen molar-refractivity contribution in [2.75, 3.05) is 10.6 Å². The zero-order valence-corrected chi connectivity index (χ0v) is 19.0. The average Bonchev–Trinajstić information content (AvgIpc) is 2.91. The maximum Gasteiger partial charge on any atom is 0.269 e. The van der Waals surface area contributed by atoms with Crippen LogP contribution in [0.25, 0.3) is 0 Å². The van der Waals surface area contributed by atoms with E-state index in [1.807, 2.05) is 0 Å². The van der Waals surface area contributed by atoms with Gasteiger partial charge in [-0.2, -0.15) is 0 Å². The van der Waals surface area contributed by atoms with Crippen LogP contribution in [0.4, 0.5) is 42.9 Å². The minimum Gasteiger partial charge on any atom is -0.351 e. The fraction of sp³-hybridized carbons (Fsp3) is 0. The molecule has 0 bridgehead atoms. The van der Waals surface area contributed by atoms with Crippen molar-refractivity contribution < 1.29 is 28.2 Å². The van der Waals surface area contributed by atoms with Crippen molar-refractivity contribution in [2.24, 2.45) is 0 Å². The van der Waals surface area contributed by atoms with Gasteiger partial charge in [0.05, 0.1) is 21.0 Å². The average molecular weight is 516 g/mol. The third-order valence-corrected chi connectivity index (χ3v) is 5.94. The van der Waals surface area contributed by atoms with Crippen LogP contribution in [0.1, 0.15) is 31.8 Å². The van der Waals surface area contributed by atoms with Crippen LogP contribution in [0.5, 0.6) is 0 Å². The molecule has 10 nitrogen and oxygen atoms in total. The van der Waals surface area contributed by atoms with E-state index in [1.165, 1.54) is 48.5 Å². The van der Waals surface area contributed by atoms with Crippen LogP contribution in [0.15, 0.2) is 72.8 Å². The van der Waals surface area contributed by atoms with Crippen LogP contribution < -0.4 is 10.6 Å². The Hall–Kier alpha value is -5.52. The van der Waals surface area contributed by atoms with E-state index in [4.69, 9.17) is 0 Å². The van der Waals surface area contributed by atoms with Crippen molar-refractivity contribution in [1.82, 2.24) is 0 Å². The maximum atomic E-state index is 16.0. The highest BCUT2D eigenvalue weighted by molar-refractivity contribution is 6.29. The molecule has 0 aromatic heterocycles. The molecule has 2 N–H and O–H groups in total. The van der Waals surface area contributed by atoms with Crippen LogP contribution in [0.2, 0.25) is 0 Å². The fourth-order valence-corrected chi connectivity index (χ4v) is 4.12. The summed E-state index contributed by atoms with van der Waals surface area (Å²) >= 11 is 0. The summed E-state index contributed by atoms with van der Waals surface area (Å²) in [7, 11) is 0. The highest BCUT2D eigenvalue weighted by Crippen LogP contribution is 2.42. The van der Waals surface area contributed by atoms with Crippen LogP contribution >= 0.6 is 0 Å². The number of nitro benzene ring substituents is 2. The molecular formula is C26H14F2N4O6. The third-order valence-electron chi connectivity index (χ3n) is 5.94. The van der Waals surface area contributed by atoms with Gasteiger partial charge < -0.3 is 10.6 Å². The first kappa shape index (κ1) is 24.2. The van der Waals surface area contributed by atoms with E-state index in [1.54, 1.807) is 0 Å². The number of carbonyl (C=O) groups is 2. The molecule has 1 aliphatic rings. The number of benzene rings is 4. The van der Waals surface area contributed by atoms with Gasteiger partial charge in [0.15, 0.2) is 23.2 Å². The molecule has 0 aliphatic heterocycles. The van der Waals surface area contributed by atoms with Gasteiger partial charge in [0.1, 0.15) is 11.4 Å². The Morgan fingerprint density at radius 2 is 0.921 bits per heavy atom. The maximum absolute atomic E-state index is 16.0. The normalized spacial score (nSPS) is 11.9. The summed E-state index contributed by atoms with van der Waals surface area (Å²) in [6, 6.07) is 15.2. The summed E-state index contributed by atoms with van der Waals surface area (Å²) in [6.07, 6.45) is 0. The molecule has 5 rings (SSSR count). The van der Waals surface area contributed by atoms with E-state index < -0.39 is 55.5 Å². The minimum absolute atomic E-state index is 0.0827. The summed E-state index contributed by atoms with van der Waals surface area (Å²) in [4.78, 5) is 47.0. The summed E-state index contributed by atoms with van der Waals surface area (Å²) in [6.45, 7) is 0. The minimum atomic E-state index is -1.22. The summed E-state index contributed by atoms with van der Waals surface area (Å²) in [5.41, 5.74) is -3.02. The Bertz CT molecular complexity index is 1550. The molecule has 12 heteroatoms. The smallest absolute Gasteiger partial charge is 0.269 e. The second-order valence-corrected chi connectivity index (χ2v) is 8.19. The molecule has 0 heterocycles. The Balaban J connectivity index is 1.69. The van der Waals surface area contributed by atoms with Gasteiger partial charge in [0, 0.05) is 46.8 Å². The number of hydrogen-bond acceptors (Lipinski definition) is 8. The molecule has 1 aliphatic carbocycles. The number of non-ortho nitro benzene ring substituents is 2. The molecule has 0 fully saturated rings. The fourth-order valence-electron chi connectivity index (χ4n) is 4.12. The first-order valence-electron chi connectivity index (χ1n) is 10.9. The van der Waals surface area contributed by atoms with Crippen molar-refractivity contribution in [3.8, 4) is 0 Å². The number of carbonyl (C=O) groups excluding carboxylic acids is 2. The molecule has 4 aromatic rings. The molecule has 0 amide bonds. The van der Waals surface area contributed by atoms with Crippen molar-refractivity contribution in [1.29, 1.82) is 0 Å². The van der Waals surface area contributed by atoms with Gasteiger partial charge in [0.25, 0.3) is 11.4 Å². The van der Waals surface area contributed by atoms with Gasteiger partial charge in [-0.1, -0.05) is 24.3 Å². The topological polar surface area (TPSA) is 144 Å². The molecule has 188 valence electrons. The predicted molar refractivity (Wildman–Crippen MR) is 132 cm³/mol. The van der Waals surface area contributed by atoms with Crippen LogP contribution in [0.3, 0.4) is 0 Å². The highest BCUT2D eigenvalue weighted by Gasteiger charge is 2.38. The second-order valence-electron chi connectivity index (χ2n) is 8.19. The molecule has 4 aromatic carbocycles. The number of hydrogen-bond donors (Lipinski definition) is 2. The third kappa shape index (κ3) is 3.99. The van der Waals surface area contributed by atoms with Gasteiger partial charge in [0.2, 0.25) is 0 Å². The monoisotopic (exact) mass is 516 g/mol. The highest BCUT2D eigenvalue weighted by atomic mass is 19.1. The van der Waals surface area contributed by atoms with Crippen molar-refractivity contribution in [2.45, 2.75) is 0 Å². The van der Waals surface area contributed by atoms with E-state index in [-0.39, 0.29) is 33.9 Å². The number of rotatable bonds is 6. The quantitative estimate of drug-likeness (QED) is 0.205. The lowest BCUT2D eigenvalue weighted by atomic mass is 9.82. The van der Waals surface area contributed by atoms with Crippen molar-refractivity contribution in [3.63, 3.8) is 0 Å². The lowest BCUT2D eigenvalue weighted by molar-refractivity contribution is -0.385. The second kappa shape index (κ2) is 9.17. The number of ketones is 2. The zero-order valence-electron chi connectivity index (χ0n) is 19.0. The van der Waals surface area contributed by atoms with Gasteiger partial charge in [-0.15, -0.1) is 0 Å². The largest absolute Gasteiger partial charge is 0.351 e. The number of nitrogens with zero attached hydrogens (tertiary/aromatic N) is 2. The van der Waals surface area contributed by atoms with E-state index in [2.05, 4.69) is 10.6 Å². The summed E-state index contributed by atoms with van der Waals surface area (Å²) < 4.78 is 32.1. The Kier molecular flexibility index (Phi) is 5.84. The number of nitro groups is 2. The molecular weight excluding hydrogens is 502 g/mol. The molecule has 0 spiro atoms. The Labute approximate surface area is 211 Å². The van der Waals surface area contributed by atoms with Crippen molar-refractivity contribution in [3.05, 3.63) is 127 Å². The van der Waals surface area contributed by atoms with Gasteiger partial charge in [-0.05, 0) is 24.3 Å². The number of halogens is 2. The summed E-state index contributed by atoms with van der Waals surface area (Å²) in [5, 5.41) is 27.2. The predicted octanol–water partition coefficient (Wildman–Crippen LogP) is 6.04. The van der Waals surface area contributed by atoms with E-state index >= 15 is 8.78 Å². The lowest BCUT2D eigenvalue weighted by Crippen LogP contribution is -2.25.